The van der Waals surface area contributed by atoms with Gasteiger partial charge in [0.15, 0.2) is 0 Å². The Labute approximate surface area is 125 Å². The zero-order chi connectivity index (χ0) is 15.7. The Bertz CT molecular complexity index is 371. The lowest BCUT2D eigenvalue weighted by molar-refractivity contribution is -0.138. The Hall–Kier alpha value is -1.56. The van der Waals surface area contributed by atoms with Crippen molar-refractivity contribution < 1.29 is 19.8 Å². The number of carboxylic acid groups (broad SMARTS) is 2. The second-order valence-electron chi connectivity index (χ2n) is 5.55. The van der Waals surface area contributed by atoms with E-state index in [1.807, 2.05) is 6.08 Å². The fraction of sp³-hybridized carbons (Fsp3) is 0.733. The Kier molecular flexibility index (Phi) is 7.82. The van der Waals surface area contributed by atoms with Crippen molar-refractivity contribution in [3.63, 3.8) is 0 Å². The average Bonchev–Trinajstić information content (AvgIpc) is 2.39. The molecular formula is C15H26N2O4. The molecule has 0 bridgehead atoms. The number of amides is 1. The highest BCUT2D eigenvalue weighted by molar-refractivity contribution is 5.72. The molecule has 0 aromatic rings. The van der Waals surface area contributed by atoms with Crippen LogP contribution in [0.5, 0.6) is 0 Å². The number of rotatable bonds is 7. The highest BCUT2D eigenvalue weighted by Crippen LogP contribution is 2.17. The SMILES string of the molecule is NC(CCCCN(C(=O)O)C1/C=C/CCCCC1)C(=O)O. The van der Waals surface area contributed by atoms with Crippen LogP contribution in [-0.4, -0.2) is 45.8 Å². The van der Waals surface area contributed by atoms with Gasteiger partial charge in [0, 0.05) is 6.54 Å². The maximum Gasteiger partial charge on any atom is 0.407 e. The molecule has 0 saturated heterocycles. The van der Waals surface area contributed by atoms with Crippen LogP contribution in [0.2, 0.25) is 0 Å². The van der Waals surface area contributed by atoms with Gasteiger partial charge in [0.05, 0.1) is 6.04 Å². The van der Waals surface area contributed by atoms with E-state index < -0.39 is 18.1 Å². The fourth-order valence-electron chi connectivity index (χ4n) is 2.57. The predicted octanol–water partition coefficient (Wildman–Crippen LogP) is 2.44. The first-order chi connectivity index (χ1) is 10.0. The molecule has 0 saturated carbocycles. The molecule has 0 aromatic heterocycles. The number of carboxylic acids is 1. The molecule has 6 heteroatoms. The van der Waals surface area contributed by atoms with Crippen LogP contribution in [0.15, 0.2) is 12.2 Å². The number of carbonyl (C=O) groups is 2. The van der Waals surface area contributed by atoms with Gasteiger partial charge in [0.1, 0.15) is 6.04 Å². The monoisotopic (exact) mass is 298 g/mol. The summed E-state index contributed by atoms with van der Waals surface area (Å²) < 4.78 is 0. The number of hydrogen-bond acceptors (Lipinski definition) is 3. The van der Waals surface area contributed by atoms with Crippen LogP contribution in [-0.2, 0) is 4.79 Å². The van der Waals surface area contributed by atoms with Gasteiger partial charge in [0.2, 0.25) is 0 Å². The van der Waals surface area contributed by atoms with Crippen LogP contribution in [0.25, 0.3) is 0 Å². The van der Waals surface area contributed by atoms with Crippen LogP contribution in [0, 0.1) is 0 Å². The highest BCUT2D eigenvalue weighted by Gasteiger charge is 2.21. The van der Waals surface area contributed by atoms with E-state index in [1.54, 1.807) is 0 Å². The van der Waals surface area contributed by atoms with Crippen molar-refractivity contribution >= 4 is 12.1 Å². The van der Waals surface area contributed by atoms with Gasteiger partial charge in [-0.1, -0.05) is 25.0 Å². The van der Waals surface area contributed by atoms with Crippen molar-refractivity contribution in [1.82, 2.24) is 4.90 Å². The molecule has 2 atom stereocenters. The smallest absolute Gasteiger partial charge is 0.407 e. The average molecular weight is 298 g/mol. The molecule has 1 rings (SSSR count). The topological polar surface area (TPSA) is 104 Å². The van der Waals surface area contributed by atoms with Crippen molar-refractivity contribution in [3.8, 4) is 0 Å². The van der Waals surface area contributed by atoms with E-state index in [-0.39, 0.29) is 6.04 Å². The summed E-state index contributed by atoms with van der Waals surface area (Å²) in [5.74, 6) is -1.01. The lowest BCUT2D eigenvalue weighted by Crippen LogP contribution is -2.39. The van der Waals surface area contributed by atoms with E-state index in [0.717, 1.165) is 25.7 Å². The van der Waals surface area contributed by atoms with E-state index in [9.17, 15) is 14.7 Å². The van der Waals surface area contributed by atoms with Gasteiger partial charge in [-0.2, -0.15) is 0 Å². The summed E-state index contributed by atoms with van der Waals surface area (Å²) in [4.78, 5) is 23.5. The van der Waals surface area contributed by atoms with Crippen molar-refractivity contribution in [3.05, 3.63) is 12.2 Å². The van der Waals surface area contributed by atoms with Crippen molar-refractivity contribution in [2.45, 2.75) is 63.5 Å². The second-order valence-corrected chi connectivity index (χ2v) is 5.55. The van der Waals surface area contributed by atoms with E-state index in [2.05, 4.69) is 6.08 Å². The predicted molar refractivity (Wildman–Crippen MR) is 80.2 cm³/mol. The first-order valence-electron chi connectivity index (χ1n) is 7.67. The standard InChI is InChI=1S/C15H26N2O4/c16-13(14(18)19)10-6-7-11-17(15(20)21)12-8-4-2-1-3-5-9-12/h4,8,12-13H,1-3,5-7,9-11,16H2,(H,18,19)(H,20,21)/b8-4+. The number of allylic oxidation sites excluding steroid dienone is 1. The summed E-state index contributed by atoms with van der Waals surface area (Å²) >= 11 is 0. The first-order valence-corrected chi connectivity index (χ1v) is 7.67. The number of hydrogen-bond donors (Lipinski definition) is 3. The lowest BCUT2D eigenvalue weighted by atomic mass is 10.0. The van der Waals surface area contributed by atoms with Gasteiger partial charge in [-0.15, -0.1) is 0 Å². The maximum absolute atomic E-state index is 11.4. The summed E-state index contributed by atoms with van der Waals surface area (Å²) in [6, 6.07) is -0.916. The Balaban J connectivity index is 2.43. The zero-order valence-electron chi connectivity index (χ0n) is 12.4. The number of unbranched alkanes of at least 4 members (excludes halogenated alkanes) is 1. The van der Waals surface area contributed by atoms with Crippen LogP contribution in [0.3, 0.4) is 0 Å². The summed E-state index contributed by atoms with van der Waals surface area (Å²) in [5.41, 5.74) is 5.43. The second kappa shape index (κ2) is 9.39. The Morgan fingerprint density at radius 1 is 1.24 bits per heavy atom. The molecule has 0 spiro atoms. The minimum atomic E-state index is -1.01. The molecule has 1 amide bonds. The minimum absolute atomic E-state index is 0.0593. The van der Waals surface area contributed by atoms with Gasteiger partial charge < -0.3 is 20.8 Å². The van der Waals surface area contributed by atoms with Gasteiger partial charge >= 0.3 is 12.1 Å². The van der Waals surface area contributed by atoms with E-state index in [1.165, 1.54) is 11.3 Å². The molecule has 6 nitrogen and oxygen atoms in total. The van der Waals surface area contributed by atoms with Crippen LogP contribution in [0.1, 0.15) is 51.4 Å². The largest absolute Gasteiger partial charge is 0.480 e. The van der Waals surface area contributed by atoms with Gasteiger partial charge in [0.25, 0.3) is 0 Å². The van der Waals surface area contributed by atoms with Crippen LogP contribution < -0.4 is 5.73 Å². The number of aliphatic carboxylic acids is 1. The van der Waals surface area contributed by atoms with Crippen molar-refractivity contribution in [2.24, 2.45) is 5.73 Å². The van der Waals surface area contributed by atoms with Gasteiger partial charge in [-0.05, 0) is 38.5 Å². The number of nitrogens with zero attached hydrogens (tertiary/aromatic N) is 1. The molecule has 0 fully saturated rings. The summed E-state index contributed by atoms with van der Waals surface area (Å²) in [6.45, 7) is 0.427. The molecule has 21 heavy (non-hydrogen) atoms. The van der Waals surface area contributed by atoms with E-state index in [4.69, 9.17) is 10.8 Å². The van der Waals surface area contributed by atoms with E-state index in [0.29, 0.717) is 25.8 Å². The van der Waals surface area contributed by atoms with Crippen molar-refractivity contribution in [1.29, 1.82) is 0 Å². The lowest BCUT2D eigenvalue weighted by Gasteiger charge is -2.28. The Morgan fingerprint density at radius 2 is 2.00 bits per heavy atom. The summed E-state index contributed by atoms with van der Waals surface area (Å²) in [6.07, 6.45) is 10.0. The third kappa shape index (κ3) is 6.62. The van der Waals surface area contributed by atoms with Gasteiger partial charge in [-0.25, -0.2) is 4.79 Å². The molecule has 0 aliphatic heterocycles. The fourth-order valence-corrected chi connectivity index (χ4v) is 2.57. The quantitative estimate of drug-likeness (QED) is 0.494. The molecular weight excluding hydrogens is 272 g/mol. The van der Waals surface area contributed by atoms with E-state index >= 15 is 0 Å². The third-order valence-electron chi connectivity index (χ3n) is 3.86. The molecule has 0 aromatic carbocycles. The summed E-state index contributed by atoms with van der Waals surface area (Å²) in [7, 11) is 0. The maximum atomic E-state index is 11.4. The highest BCUT2D eigenvalue weighted by atomic mass is 16.4. The first kappa shape index (κ1) is 17.5. The summed E-state index contributed by atoms with van der Waals surface area (Å²) in [5, 5.41) is 18.1. The van der Waals surface area contributed by atoms with Gasteiger partial charge in [-0.3, -0.25) is 4.79 Å². The third-order valence-corrected chi connectivity index (χ3v) is 3.86. The minimum Gasteiger partial charge on any atom is -0.480 e. The molecule has 4 N–H and O–H groups in total. The molecule has 1 aliphatic rings. The molecule has 2 unspecified atom stereocenters. The molecule has 0 radical (unpaired) electrons. The van der Waals surface area contributed by atoms with Crippen molar-refractivity contribution in [2.75, 3.05) is 6.54 Å². The normalized spacial score (nSPS) is 21.9. The van der Waals surface area contributed by atoms with Crippen LogP contribution in [0.4, 0.5) is 4.79 Å². The molecule has 1 aliphatic carbocycles. The number of nitrogens with two attached hydrogens (primary N) is 1. The molecule has 120 valence electrons. The zero-order valence-corrected chi connectivity index (χ0v) is 12.4. The molecule has 0 heterocycles. The van der Waals surface area contributed by atoms with Crippen LogP contribution >= 0.6 is 0 Å². The Morgan fingerprint density at radius 3 is 2.67 bits per heavy atom.